The zero-order valence-electron chi connectivity index (χ0n) is 19.4. The summed E-state index contributed by atoms with van der Waals surface area (Å²) in [6, 6.07) is 2.53. The summed E-state index contributed by atoms with van der Waals surface area (Å²) in [4.78, 5) is 4.38. The van der Waals surface area contributed by atoms with Crippen LogP contribution in [-0.2, 0) is 8.85 Å². The van der Waals surface area contributed by atoms with Crippen LogP contribution in [0.3, 0.4) is 0 Å². The van der Waals surface area contributed by atoms with E-state index < -0.39 is 16.6 Å². The molecule has 0 aromatic carbocycles. The van der Waals surface area contributed by atoms with E-state index in [9.17, 15) is 0 Å². The fourth-order valence-corrected chi connectivity index (χ4v) is 12.7. The standard InChI is InChI=1S/C18H44N2O2S4Si2/c1-19(2)11-13-21-27(5,6)17-9-15-23-25-26-24-16-10-18-28(7,8)22-14-12-20(3)4/h9-18H2,1-8H3. The van der Waals surface area contributed by atoms with Gasteiger partial charge in [0.15, 0.2) is 16.6 Å². The average molecular weight is 505 g/mol. The molecule has 0 aromatic rings. The van der Waals surface area contributed by atoms with E-state index in [0.717, 1.165) is 26.3 Å². The Morgan fingerprint density at radius 3 is 1.32 bits per heavy atom. The molecule has 0 heterocycles. The third-order valence-corrected chi connectivity index (χ3v) is 15.9. The Morgan fingerprint density at radius 1 is 0.643 bits per heavy atom. The first-order valence-corrected chi connectivity index (χ1v) is 21.6. The first-order valence-electron chi connectivity index (χ1n) is 10.2. The molecule has 0 aromatic heterocycles. The molecule has 0 aliphatic heterocycles. The van der Waals surface area contributed by atoms with Gasteiger partial charge in [0.2, 0.25) is 0 Å². The van der Waals surface area contributed by atoms with Crippen molar-refractivity contribution in [1.29, 1.82) is 0 Å². The number of hydrogen-bond acceptors (Lipinski definition) is 8. The summed E-state index contributed by atoms with van der Waals surface area (Å²) in [5.74, 6) is 2.46. The lowest BCUT2D eigenvalue weighted by Gasteiger charge is -2.24. The van der Waals surface area contributed by atoms with Gasteiger partial charge in [-0.1, -0.05) is 21.6 Å². The molecular formula is C18H44N2O2S4Si2. The molecule has 0 unspecified atom stereocenters. The van der Waals surface area contributed by atoms with Crippen LogP contribution in [-0.4, -0.2) is 92.4 Å². The minimum atomic E-state index is -1.46. The van der Waals surface area contributed by atoms with Gasteiger partial charge >= 0.3 is 0 Å². The highest BCUT2D eigenvalue weighted by Crippen LogP contribution is 2.43. The van der Waals surface area contributed by atoms with Crippen LogP contribution in [0.15, 0.2) is 0 Å². The SMILES string of the molecule is CN(C)CCO[Si](C)(C)CCCSSSSCCC[Si](C)(C)OCCN(C)C. The van der Waals surface area contributed by atoms with Crippen LogP contribution in [0, 0.1) is 0 Å². The lowest BCUT2D eigenvalue weighted by molar-refractivity contribution is 0.253. The van der Waals surface area contributed by atoms with Crippen molar-refractivity contribution in [1.82, 2.24) is 9.80 Å². The number of hydrogen-bond donors (Lipinski definition) is 0. The molecule has 0 saturated carbocycles. The van der Waals surface area contributed by atoms with Gasteiger partial charge in [0.05, 0.1) is 0 Å². The largest absolute Gasteiger partial charge is 0.416 e. The quantitative estimate of drug-likeness (QED) is 0.120. The Bertz CT molecular complexity index is 345. The summed E-state index contributed by atoms with van der Waals surface area (Å²) < 4.78 is 12.3. The smallest absolute Gasteiger partial charge is 0.186 e. The summed E-state index contributed by atoms with van der Waals surface area (Å²) in [6.45, 7) is 13.2. The Kier molecular flexibility index (Phi) is 18.3. The lowest BCUT2D eigenvalue weighted by atomic mass is 10.6. The molecule has 0 fully saturated rings. The molecule has 0 bridgehead atoms. The molecule has 4 nitrogen and oxygen atoms in total. The maximum absolute atomic E-state index is 6.14. The lowest BCUT2D eigenvalue weighted by Crippen LogP contribution is -2.33. The van der Waals surface area contributed by atoms with E-state index in [-0.39, 0.29) is 0 Å². The van der Waals surface area contributed by atoms with Gasteiger partial charge in [0.25, 0.3) is 0 Å². The van der Waals surface area contributed by atoms with Crippen LogP contribution >= 0.6 is 41.2 Å². The monoisotopic (exact) mass is 504 g/mol. The molecule has 0 saturated heterocycles. The second kappa shape index (κ2) is 17.3. The summed E-state index contributed by atoms with van der Waals surface area (Å²) in [6.07, 6.45) is 2.54. The van der Waals surface area contributed by atoms with Crippen LogP contribution in [0.4, 0.5) is 0 Å². The average Bonchev–Trinajstić information content (AvgIpc) is 2.55. The highest BCUT2D eigenvalue weighted by atomic mass is 33.7. The van der Waals surface area contributed by atoms with Gasteiger partial charge in [-0.3, -0.25) is 0 Å². The zero-order valence-corrected chi connectivity index (χ0v) is 24.7. The van der Waals surface area contributed by atoms with Gasteiger partial charge in [-0.05, 0) is 99.0 Å². The Balaban J connectivity index is 3.50. The normalized spacial score (nSPS) is 13.1. The van der Waals surface area contributed by atoms with E-state index in [1.807, 2.05) is 41.2 Å². The first-order chi connectivity index (χ1) is 13.0. The summed E-state index contributed by atoms with van der Waals surface area (Å²) in [7, 11) is 13.4. The minimum absolute atomic E-state index is 0.876. The molecule has 0 aliphatic rings. The molecule has 10 heteroatoms. The van der Waals surface area contributed by atoms with E-state index >= 15 is 0 Å². The van der Waals surface area contributed by atoms with Gasteiger partial charge < -0.3 is 18.7 Å². The van der Waals surface area contributed by atoms with E-state index in [0.29, 0.717) is 0 Å². The first kappa shape index (κ1) is 29.7. The van der Waals surface area contributed by atoms with Crippen LogP contribution in [0.5, 0.6) is 0 Å². The van der Waals surface area contributed by atoms with Gasteiger partial charge in [0.1, 0.15) is 0 Å². The molecule has 0 N–H and O–H groups in total. The van der Waals surface area contributed by atoms with Gasteiger partial charge in [-0.2, -0.15) is 0 Å². The Hall–Kier alpha value is 1.67. The van der Waals surface area contributed by atoms with Crippen molar-refractivity contribution in [2.75, 3.05) is 66.0 Å². The summed E-state index contributed by atoms with van der Waals surface area (Å²) in [5, 5.41) is 0. The predicted molar refractivity (Wildman–Crippen MR) is 143 cm³/mol. The van der Waals surface area contributed by atoms with Crippen molar-refractivity contribution >= 4 is 57.9 Å². The second-order valence-electron chi connectivity index (χ2n) is 8.81. The van der Waals surface area contributed by atoms with Gasteiger partial charge in [-0.15, -0.1) is 0 Å². The van der Waals surface area contributed by atoms with Crippen LogP contribution in [0.25, 0.3) is 0 Å². The fourth-order valence-electron chi connectivity index (χ4n) is 2.37. The molecule has 0 radical (unpaired) electrons. The molecule has 28 heavy (non-hydrogen) atoms. The predicted octanol–water partition coefficient (Wildman–Crippen LogP) is 6.01. The number of likely N-dealkylation sites (N-methyl/N-ethyl adjacent to an activating group) is 2. The highest BCUT2D eigenvalue weighted by molar-refractivity contribution is 9.26. The van der Waals surface area contributed by atoms with Crippen LogP contribution in [0.2, 0.25) is 38.3 Å². The van der Waals surface area contributed by atoms with E-state index in [1.54, 1.807) is 0 Å². The van der Waals surface area contributed by atoms with Crippen molar-refractivity contribution in [3.63, 3.8) is 0 Å². The molecular weight excluding hydrogens is 461 g/mol. The Morgan fingerprint density at radius 2 is 1.00 bits per heavy atom. The molecule has 0 rings (SSSR count). The minimum Gasteiger partial charge on any atom is -0.416 e. The third kappa shape index (κ3) is 20.9. The molecule has 0 aliphatic carbocycles. The Labute approximate surface area is 192 Å². The van der Waals surface area contributed by atoms with Crippen LogP contribution < -0.4 is 0 Å². The number of rotatable bonds is 19. The van der Waals surface area contributed by atoms with E-state index in [1.165, 1.54) is 36.4 Å². The van der Waals surface area contributed by atoms with Crippen molar-refractivity contribution < 1.29 is 8.85 Å². The van der Waals surface area contributed by atoms with Crippen molar-refractivity contribution in [3.8, 4) is 0 Å². The summed E-state index contributed by atoms with van der Waals surface area (Å²) in [5.41, 5.74) is 0. The topological polar surface area (TPSA) is 24.9 Å². The van der Waals surface area contributed by atoms with Crippen molar-refractivity contribution in [2.45, 2.75) is 51.1 Å². The zero-order chi connectivity index (χ0) is 21.5. The fraction of sp³-hybridized carbons (Fsp3) is 1.00. The van der Waals surface area contributed by atoms with Crippen molar-refractivity contribution in [3.05, 3.63) is 0 Å². The second-order valence-corrected chi connectivity index (χ2v) is 23.7. The van der Waals surface area contributed by atoms with Crippen molar-refractivity contribution in [2.24, 2.45) is 0 Å². The molecule has 0 amide bonds. The third-order valence-electron chi connectivity index (χ3n) is 4.20. The van der Waals surface area contributed by atoms with E-state index in [2.05, 4.69) is 64.2 Å². The molecule has 0 atom stereocenters. The van der Waals surface area contributed by atoms with Gasteiger partial charge in [0, 0.05) is 37.8 Å². The highest BCUT2D eigenvalue weighted by Gasteiger charge is 2.22. The maximum Gasteiger partial charge on any atom is 0.186 e. The number of nitrogens with zero attached hydrogens (tertiary/aromatic N) is 2. The van der Waals surface area contributed by atoms with Crippen LogP contribution in [0.1, 0.15) is 12.8 Å². The molecule has 170 valence electrons. The molecule has 0 spiro atoms. The summed E-state index contributed by atoms with van der Waals surface area (Å²) >= 11 is 0. The van der Waals surface area contributed by atoms with E-state index in [4.69, 9.17) is 8.85 Å². The maximum atomic E-state index is 6.14. The van der Waals surface area contributed by atoms with Gasteiger partial charge in [-0.25, -0.2) is 0 Å².